The van der Waals surface area contributed by atoms with Crippen molar-refractivity contribution in [2.75, 3.05) is 12.3 Å². The molecule has 0 amide bonds. The highest BCUT2D eigenvalue weighted by Crippen LogP contribution is 2.35. The first kappa shape index (κ1) is 21.3. The van der Waals surface area contributed by atoms with Gasteiger partial charge in [0.2, 0.25) is 5.24 Å². The topological polar surface area (TPSA) is 20.3 Å². The average Bonchev–Trinajstić information content (AvgIpc) is 2.72. The molecule has 2 nitrogen and oxygen atoms in total. The molecule has 1 heterocycles. The van der Waals surface area contributed by atoms with E-state index in [4.69, 9.17) is 11.6 Å². The van der Waals surface area contributed by atoms with Crippen molar-refractivity contribution in [2.45, 2.75) is 50.0 Å². The predicted octanol–water partition coefficient (Wildman–Crippen LogP) is 6.48. The van der Waals surface area contributed by atoms with E-state index in [0.29, 0.717) is 0 Å². The van der Waals surface area contributed by atoms with Gasteiger partial charge in [-0.2, -0.15) is 0 Å². The van der Waals surface area contributed by atoms with Crippen LogP contribution in [-0.2, 0) is 17.6 Å². The van der Waals surface area contributed by atoms with E-state index >= 15 is 0 Å². The van der Waals surface area contributed by atoms with Gasteiger partial charge in [0.05, 0.1) is 0 Å². The summed E-state index contributed by atoms with van der Waals surface area (Å²) in [5, 5.41) is -0.294. The number of hydrogen-bond acceptors (Lipinski definition) is 3. The smallest absolute Gasteiger partial charge is 0.248 e. The maximum atomic E-state index is 11.4. The number of benzene rings is 2. The van der Waals surface area contributed by atoms with Gasteiger partial charge in [-0.05, 0) is 109 Å². The van der Waals surface area contributed by atoms with Crippen LogP contribution in [0.15, 0.2) is 71.3 Å². The van der Waals surface area contributed by atoms with Crippen LogP contribution in [0, 0.1) is 0 Å². The lowest BCUT2D eigenvalue weighted by Gasteiger charge is -2.35. The number of unbranched alkanes of at least 4 members (excludes halogenated alkanes) is 1. The molecule has 1 atom stereocenters. The first-order valence-corrected chi connectivity index (χ1v) is 12.1. The molecule has 156 valence electrons. The molecule has 2 aliphatic rings. The zero-order valence-electron chi connectivity index (χ0n) is 17.4. The molecule has 4 rings (SSSR count). The summed E-state index contributed by atoms with van der Waals surface area (Å²) in [6.07, 6.45) is 9.61. The Hall–Kier alpha value is -1.97. The van der Waals surface area contributed by atoms with Crippen LogP contribution in [0.5, 0.6) is 0 Å². The molecule has 2 aromatic rings. The van der Waals surface area contributed by atoms with E-state index in [1.54, 1.807) is 0 Å². The molecular formula is C26H28ClNOS. The Kier molecular flexibility index (Phi) is 7.01. The summed E-state index contributed by atoms with van der Waals surface area (Å²) in [6.45, 7) is 3.01. The Labute approximate surface area is 189 Å². The lowest BCUT2D eigenvalue weighted by Crippen LogP contribution is -2.42. The third-order valence-electron chi connectivity index (χ3n) is 6.10. The minimum absolute atomic E-state index is 0.256. The summed E-state index contributed by atoms with van der Waals surface area (Å²) in [5.74, 6) is 1.17. The number of halogens is 1. The number of aryl methyl sites for hydroxylation is 2. The zero-order chi connectivity index (χ0) is 20.9. The fourth-order valence-corrected chi connectivity index (χ4v) is 5.40. The van der Waals surface area contributed by atoms with Crippen LogP contribution in [0.1, 0.15) is 42.9 Å². The first-order valence-electron chi connectivity index (χ1n) is 10.7. The van der Waals surface area contributed by atoms with Crippen molar-refractivity contribution in [1.82, 2.24) is 4.90 Å². The molecule has 0 spiro atoms. The molecule has 4 heteroatoms. The van der Waals surface area contributed by atoms with Crippen molar-refractivity contribution in [2.24, 2.45) is 0 Å². The summed E-state index contributed by atoms with van der Waals surface area (Å²) >= 11 is 7.64. The highest BCUT2D eigenvalue weighted by molar-refractivity contribution is 7.99. The van der Waals surface area contributed by atoms with Crippen LogP contribution in [0.4, 0.5) is 0 Å². The number of rotatable bonds is 9. The van der Waals surface area contributed by atoms with Crippen molar-refractivity contribution in [1.29, 1.82) is 0 Å². The Bertz CT molecular complexity index is 966. The summed E-state index contributed by atoms with van der Waals surface area (Å²) in [5.41, 5.74) is 7.02. The molecule has 2 aromatic carbocycles. The third kappa shape index (κ3) is 5.01. The van der Waals surface area contributed by atoms with Crippen molar-refractivity contribution >= 4 is 34.2 Å². The number of fused-ring (bicyclic) bond motifs is 1. The largest absolute Gasteiger partial charge is 0.359 e. The van der Waals surface area contributed by atoms with Crippen molar-refractivity contribution in [3.8, 4) is 0 Å². The normalized spacial score (nSPS) is 17.7. The molecule has 0 radical (unpaired) electrons. The summed E-state index contributed by atoms with van der Waals surface area (Å²) in [7, 11) is 0. The Morgan fingerprint density at radius 3 is 2.70 bits per heavy atom. The SMILES string of the molecule is CC1=C(CN2C=CC2C(=O)Cl)CCc2cc(SCCCCc3ccccc3)ccc21. The van der Waals surface area contributed by atoms with E-state index in [2.05, 4.69) is 55.5 Å². The maximum Gasteiger partial charge on any atom is 0.248 e. The van der Waals surface area contributed by atoms with Crippen LogP contribution in [0.25, 0.3) is 5.57 Å². The molecule has 1 aliphatic carbocycles. The average molecular weight is 438 g/mol. The summed E-state index contributed by atoms with van der Waals surface area (Å²) < 4.78 is 0. The van der Waals surface area contributed by atoms with Gasteiger partial charge in [-0.1, -0.05) is 36.4 Å². The van der Waals surface area contributed by atoms with Crippen LogP contribution in [0.3, 0.4) is 0 Å². The van der Waals surface area contributed by atoms with Gasteiger partial charge in [0.25, 0.3) is 0 Å². The van der Waals surface area contributed by atoms with Crippen LogP contribution in [-0.4, -0.2) is 28.5 Å². The second-order valence-corrected chi connectivity index (χ2v) is 9.64. The quantitative estimate of drug-likeness (QED) is 0.254. The first-order chi connectivity index (χ1) is 14.6. The summed E-state index contributed by atoms with van der Waals surface area (Å²) in [4.78, 5) is 14.9. The van der Waals surface area contributed by atoms with Gasteiger partial charge in [0, 0.05) is 11.4 Å². The number of thioether (sulfide) groups is 1. The number of carbonyl (C=O) groups excluding carboxylic acids is 1. The van der Waals surface area contributed by atoms with E-state index < -0.39 is 0 Å². The predicted molar refractivity (Wildman–Crippen MR) is 128 cm³/mol. The molecular weight excluding hydrogens is 410 g/mol. The highest BCUT2D eigenvalue weighted by atomic mass is 35.5. The number of carbonyl (C=O) groups is 1. The standard InChI is InChI=1S/C26H28ClNOS/c1-19-22(18-28-15-14-25(28)26(27)29)11-10-21-17-23(12-13-24(19)21)30-16-6-5-9-20-7-3-2-4-8-20/h2-4,7-8,12-15,17,25H,5-6,9-11,16,18H2,1H3. The second kappa shape index (κ2) is 9.89. The minimum atomic E-state index is -0.294. The van der Waals surface area contributed by atoms with Gasteiger partial charge in [0.15, 0.2) is 0 Å². The zero-order valence-corrected chi connectivity index (χ0v) is 19.0. The number of nitrogens with zero attached hydrogens (tertiary/aromatic N) is 1. The van der Waals surface area contributed by atoms with E-state index in [0.717, 1.165) is 19.4 Å². The van der Waals surface area contributed by atoms with E-state index in [1.807, 2.05) is 28.9 Å². The molecule has 0 bridgehead atoms. The summed E-state index contributed by atoms with van der Waals surface area (Å²) in [6, 6.07) is 17.4. The Morgan fingerprint density at radius 2 is 1.97 bits per heavy atom. The van der Waals surface area contributed by atoms with E-state index in [1.165, 1.54) is 57.7 Å². The van der Waals surface area contributed by atoms with E-state index in [-0.39, 0.29) is 11.3 Å². The van der Waals surface area contributed by atoms with Crippen molar-refractivity contribution in [3.05, 3.63) is 83.1 Å². The minimum Gasteiger partial charge on any atom is -0.359 e. The molecule has 0 N–H and O–H groups in total. The molecule has 0 fully saturated rings. The molecule has 1 unspecified atom stereocenters. The van der Waals surface area contributed by atoms with Gasteiger partial charge >= 0.3 is 0 Å². The van der Waals surface area contributed by atoms with Crippen molar-refractivity contribution < 1.29 is 4.79 Å². The van der Waals surface area contributed by atoms with Gasteiger partial charge in [-0.3, -0.25) is 4.79 Å². The van der Waals surface area contributed by atoms with Crippen LogP contribution >= 0.6 is 23.4 Å². The number of allylic oxidation sites excluding steroid dienone is 1. The molecule has 0 saturated carbocycles. The Balaban J connectivity index is 1.30. The second-order valence-electron chi connectivity index (χ2n) is 8.10. The van der Waals surface area contributed by atoms with Crippen molar-refractivity contribution in [3.63, 3.8) is 0 Å². The van der Waals surface area contributed by atoms with Gasteiger partial charge in [0.1, 0.15) is 6.04 Å². The molecule has 0 saturated heterocycles. The third-order valence-corrected chi connectivity index (χ3v) is 7.41. The molecule has 0 aromatic heterocycles. The maximum absolute atomic E-state index is 11.4. The highest BCUT2D eigenvalue weighted by Gasteiger charge is 2.28. The van der Waals surface area contributed by atoms with E-state index in [9.17, 15) is 4.79 Å². The van der Waals surface area contributed by atoms with Crippen LogP contribution < -0.4 is 0 Å². The lowest BCUT2D eigenvalue weighted by atomic mass is 9.86. The Morgan fingerprint density at radius 1 is 1.13 bits per heavy atom. The molecule has 30 heavy (non-hydrogen) atoms. The monoisotopic (exact) mass is 437 g/mol. The van der Waals surface area contributed by atoms with Gasteiger partial charge in [-0.15, -0.1) is 11.8 Å². The lowest BCUT2D eigenvalue weighted by molar-refractivity contribution is -0.115. The molecule has 1 aliphatic heterocycles. The fourth-order valence-electron chi connectivity index (χ4n) is 4.23. The number of hydrogen-bond donors (Lipinski definition) is 0. The van der Waals surface area contributed by atoms with Crippen LogP contribution in [0.2, 0.25) is 0 Å². The fraction of sp³-hybridized carbons (Fsp3) is 0.346. The van der Waals surface area contributed by atoms with Gasteiger partial charge in [-0.25, -0.2) is 0 Å². The van der Waals surface area contributed by atoms with Gasteiger partial charge < -0.3 is 4.90 Å².